The van der Waals surface area contributed by atoms with Crippen molar-refractivity contribution in [3.63, 3.8) is 0 Å². The van der Waals surface area contributed by atoms with E-state index in [0.717, 1.165) is 5.56 Å². The van der Waals surface area contributed by atoms with E-state index in [1.54, 1.807) is 13.0 Å². The summed E-state index contributed by atoms with van der Waals surface area (Å²) in [6.07, 6.45) is 1.88. The molecule has 1 aliphatic heterocycles. The number of hydrogen-bond acceptors (Lipinski definition) is 4. The summed E-state index contributed by atoms with van der Waals surface area (Å²) in [6.45, 7) is 7.87. The monoisotopic (exact) mass is 359 g/mol. The Morgan fingerprint density at radius 2 is 1.96 bits per heavy atom. The van der Waals surface area contributed by atoms with E-state index in [4.69, 9.17) is 4.74 Å². The number of nitrogens with zero attached hydrogens (tertiary/aromatic N) is 1. The number of benzene rings is 1. The summed E-state index contributed by atoms with van der Waals surface area (Å²) in [5.41, 5.74) is 1.51. The van der Waals surface area contributed by atoms with E-state index in [-0.39, 0.29) is 24.5 Å². The number of aliphatic hydroxyl groups excluding tert-OH is 1. The number of ether oxygens (including phenoxy) is 1. The molecule has 2 rings (SSSR count). The Hall–Kier alpha value is -2.14. The van der Waals surface area contributed by atoms with E-state index in [1.165, 1.54) is 4.90 Å². The first-order chi connectivity index (χ1) is 12.3. The molecule has 5 heteroatoms. The maximum Gasteiger partial charge on any atom is 0.417 e. The molecule has 1 fully saturated rings. The largest absolute Gasteiger partial charge is 0.447 e. The van der Waals surface area contributed by atoms with Gasteiger partial charge in [0.2, 0.25) is 0 Å². The minimum Gasteiger partial charge on any atom is -0.447 e. The Bertz CT molecular complexity index is 653. The van der Waals surface area contributed by atoms with Gasteiger partial charge in [-0.25, -0.2) is 9.69 Å². The van der Waals surface area contributed by atoms with E-state index in [1.807, 2.05) is 51.1 Å². The van der Waals surface area contributed by atoms with E-state index in [0.29, 0.717) is 24.3 Å². The Kier molecular flexibility index (Phi) is 6.98. The van der Waals surface area contributed by atoms with Crippen LogP contribution < -0.4 is 0 Å². The number of aliphatic hydroxyl groups is 1. The predicted molar refractivity (Wildman–Crippen MR) is 101 cm³/mol. The molecule has 0 radical (unpaired) electrons. The first kappa shape index (κ1) is 20.2. The molecule has 0 spiro atoms. The molecule has 0 aliphatic carbocycles. The molecular weight excluding hydrogens is 330 g/mol. The van der Waals surface area contributed by atoms with E-state index in [9.17, 15) is 14.7 Å². The van der Waals surface area contributed by atoms with Gasteiger partial charge in [0, 0.05) is 11.5 Å². The van der Waals surface area contributed by atoms with E-state index >= 15 is 0 Å². The molecule has 1 saturated heterocycles. The van der Waals surface area contributed by atoms with Gasteiger partial charge in [0.25, 0.3) is 5.91 Å². The molecule has 1 aromatic rings. The average Bonchev–Trinajstić information content (AvgIpc) is 2.94. The second-order valence-electron chi connectivity index (χ2n) is 7.50. The van der Waals surface area contributed by atoms with Crippen molar-refractivity contribution >= 4 is 12.0 Å². The van der Waals surface area contributed by atoms with Crippen molar-refractivity contribution in [3.8, 4) is 0 Å². The molecule has 0 unspecified atom stereocenters. The molecule has 1 heterocycles. The fraction of sp³-hybridized carbons (Fsp3) is 0.524. The van der Waals surface area contributed by atoms with E-state index in [2.05, 4.69) is 0 Å². The highest BCUT2D eigenvalue weighted by Crippen LogP contribution is 2.22. The van der Waals surface area contributed by atoms with Crippen molar-refractivity contribution in [1.82, 2.24) is 4.90 Å². The van der Waals surface area contributed by atoms with Crippen LogP contribution in [0.1, 0.15) is 39.7 Å². The minimum atomic E-state index is -0.598. The molecule has 26 heavy (non-hydrogen) atoms. The summed E-state index contributed by atoms with van der Waals surface area (Å²) in [7, 11) is 0. The molecule has 1 N–H and O–H groups in total. The Morgan fingerprint density at radius 3 is 2.58 bits per heavy atom. The summed E-state index contributed by atoms with van der Waals surface area (Å²) >= 11 is 0. The van der Waals surface area contributed by atoms with Gasteiger partial charge in [-0.3, -0.25) is 4.79 Å². The molecule has 3 atom stereocenters. The quantitative estimate of drug-likeness (QED) is 0.756. The molecular formula is C21H29NO4. The first-order valence-electron chi connectivity index (χ1n) is 9.20. The van der Waals surface area contributed by atoms with Crippen LogP contribution in [0.15, 0.2) is 42.0 Å². The second-order valence-corrected chi connectivity index (χ2v) is 7.50. The van der Waals surface area contributed by atoms with Gasteiger partial charge in [-0.1, -0.05) is 57.2 Å². The van der Waals surface area contributed by atoms with Crippen molar-refractivity contribution in [2.75, 3.05) is 6.61 Å². The smallest absolute Gasteiger partial charge is 0.417 e. The topological polar surface area (TPSA) is 66.8 Å². The Balaban J connectivity index is 2.09. The molecule has 1 aromatic carbocycles. The average molecular weight is 359 g/mol. The third-order valence-electron chi connectivity index (χ3n) is 4.66. The lowest BCUT2D eigenvalue weighted by Crippen LogP contribution is -2.40. The maximum atomic E-state index is 12.8. The highest BCUT2D eigenvalue weighted by molar-refractivity contribution is 6.03. The van der Waals surface area contributed by atoms with Crippen LogP contribution in [0.3, 0.4) is 0 Å². The third kappa shape index (κ3) is 5.18. The third-order valence-corrected chi connectivity index (χ3v) is 4.66. The van der Waals surface area contributed by atoms with Crippen LogP contribution in [0.2, 0.25) is 0 Å². The highest BCUT2D eigenvalue weighted by Gasteiger charge is 2.38. The van der Waals surface area contributed by atoms with Crippen LogP contribution in [0.5, 0.6) is 0 Å². The zero-order chi connectivity index (χ0) is 19.3. The van der Waals surface area contributed by atoms with Gasteiger partial charge in [-0.15, -0.1) is 0 Å². The zero-order valence-corrected chi connectivity index (χ0v) is 16.0. The summed E-state index contributed by atoms with van der Waals surface area (Å²) in [5, 5.41) is 10.2. The van der Waals surface area contributed by atoms with Crippen molar-refractivity contribution < 1.29 is 19.4 Å². The van der Waals surface area contributed by atoms with Crippen LogP contribution in [0, 0.1) is 11.8 Å². The first-order valence-corrected chi connectivity index (χ1v) is 9.20. The number of rotatable bonds is 7. The lowest BCUT2D eigenvalue weighted by molar-refractivity contribution is -0.125. The van der Waals surface area contributed by atoms with Gasteiger partial charge in [0.05, 0.1) is 12.1 Å². The SMILES string of the molecule is C/C(=C\[C@@H](C)[C@H](O)CC(C)C)C(=O)N1C(=O)OC[C@@H]1Cc1ccccc1. The van der Waals surface area contributed by atoms with Crippen molar-refractivity contribution in [3.05, 3.63) is 47.5 Å². The number of imide groups is 1. The van der Waals surface area contributed by atoms with Gasteiger partial charge in [-0.05, 0) is 31.2 Å². The van der Waals surface area contributed by atoms with Gasteiger partial charge in [-0.2, -0.15) is 0 Å². The summed E-state index contributed by atoms with van der Waals surface area (Å²) < 4.78 is 5.12. The summed E-state index contributed by atoms with van der Waals surface area (Å²) in [4.78, 5) is 26.1. The number of carbonyl (C=O) groups excluding carboxylic acids is 2. The molecule has 1 aliphatic rings. The number of hydrogen-bond donors (Lipinski definition) is 1. The number of cyclic esters (lactones) is 1. The summed E-state index contributed by atoms with van der Waals surface area (Å²) in [5.74, 6) is -0.134. The van der Waals surface area contributed by atoms with Crippen LogP contribution in [-0.4, -0.2) is 40.8 Å². The zero-order valence-electron chi connectivity index (χ0n) is 16.0. The number of carbonyl (C=O) groups is 2. The van der Waals surface area contributed by atoms with Gasteiger partial charge in [0.15, 0.2) is 0 Å². The Morgan fingerprint density at radius 1 is 1.31 bits per heavy atom. The van der Waals surface area contributed by atoms with Crippen LogP contribution >= 0.6 is 0 Å². The fourth-order valence-electron chi connectivity index (χ4n) is 3.21. The molecule has 0 bridgehead atoms. The second kappa shape index (κ2) is 8.99. The lowest BCUT2D eigenvalue weighted by Gasteiger charge is -2.22. The number of amides is 2. The van der Waals surface area contributed by atoms with Gasteiger partial charge >= 0.3 is 6.09 Å². The molecule has 2 amide bonds. The standard InChI is InChI=1S/C21H29NO4/c1-14(2)10-19(23)15(3)11-16(4)20(24)22-18(13-26-21(22)25)12-17-8-6-5-7-9-17/h5-9,11,14-15,18-19,23H,10,12-13H2,1-4H3/b16-11+/t15-,18+,19-/m1/s1. The normalized spacial score (nSPS) is 20.2. The minimum absolute atomic E-state index is 0.160. The highest BCUT2D eigenvalue weighted by atomic mass is 16.6. The van der Waals surface area contributed by atoms with Crippen LogP contribution in [0.25, 0.3) is 0 Å². The van der Waals surface area contributed by atoms with Crippen LogP contribution in [-0.2, 0) is 16.0 Å². The predicted octanol–water partition coefficient (Wildman–Crippen LogP) is 3.57. The Labute approximate surface area is 155 Å². The molecule has 0 saturated carbocycles. The summed E-state index contributed by atoms with van der Waals surface area (Å²) in [6, 6.07) is 9.43. The molecule has 5 nitrogen and oxygen atoms in total. The molecule has 142 valence electrons. The molecule has 0 aromatic heterocycles. The lowest BCUT2D eigenvalue weighted by atomic mass is 9.94. The van der Waals surface area contributed by atoms with Gasteiger partial charge in [0.1, 0.15) is 6.61 Å². The van der Waals surface area contributed by atoms with E-state index < -0.39 is 12.2 Å². The van der Waals surface area contributed by atoms with Crippen LogP contribution in [0.4, 0.5) is 4.79 Å². The van der Waals surface area contributed by atoms with Crippen molar-refractivity contribution in [1.29, 1.82) is 0 Å². The fourth-order valence-corrected chi connectivity index (χ4v) is 3.21. The van der Waals surface area contributed by atoms with Crippen molar-refractivity contribution in [2.24, 2.45) is 11.8 Å². The van der Waals surface area contributed by atoms with Gasteiger partial charge < -0.3 is 9.84 Å². The van der Waals surface area contributed by atoms with Crippen molar-refractivity contribution in [2.45, 2.75) is 52.7 Å². The maximum absolute atomic E-state index is 12.8.